The fraction of sp³-hybridized carbons (Fsp3) is 0.429. The van der Waals surface area contributed by atoms with Gasteiger partial charge in [0.1, 0.15) is 0 Å². The van der Waals surface area contributed by atoms with Crippen molar-refractivity contribution in [3.05, 3.63) is 34.3 Å². The average molecular weight is 361 g/mol. The molecule has 0 aliphatic rings. The summed E-state index contributed by atoms with van der Waals surface area (Å²) in [6.45, 7) is 4.84. The second kappa shape index (κ2) is 8.72. The molecule has 1 unspecified atom stereocenters. The standard InChI is InChI=1S/C14H17BrO2S2/c1-3-10(2)8-17-14(18)19-9-13(16)11-4-6-12(15)7-5-11/h4-7,10H,3,8-9H2,1-2H3. The molecule has 104 valence electrons. The van der Waals surface area contributed by atoms with Crippen molar-refractivity contribution in [3.8, 4) is 0 Å². The first-order chi connectivity index (χ1) is 9.02. The predicted molar refractivity (Wildman–Crippen MR) is 88.9 cm³/mol. The fourth-order valence-electron chi connectivity index (χ4n) is 1.21. The van der Waals surface area contributed by atoms with E-state index in [-0.39, 0.29) is 5.78 Å². The van der Waals surface area contributed by atoms with Gasteiger partial charge in [-0.3, -0.25) is 4.79 Å². The highest BCUT2D eigenvalue weighted by atomic mass is 79.9. The van der Waals surface area contributed by atoms with Crippen LogP contribution in [0.1, 0.15) is 30.6 Å². The van der Waals surface area contributed by atoms with Gasteiger partial charge in [-0.15, -0.1) is 0 Å². The number of hydrogen-bond acceptors (Lipinski definition) is 4. The maximum Gasteiger partial charge on any atom is 0.220 e. The second-order valence-electron chi connectivity index (χ2n) is 4.29. The summed E-state index contributed by atoms with van der Waals surface area (Å²) in [5.41, 5.74) is 0.695. The molecule has 0 aliphatic carbocycles. The van der Waals surface area contributed by atoms with E-state index in [0.29, 0.717) is 28.2 Å². The molecular weight excluding hydrogens is 344 g/mol. The SMILES string of the molecule is CCC(C)COC(=S)SCC(=O)c1ccc(Br)cc1. The first-order valence-corrected chi connectivity index (χ1v) is 8.30. The third kappa shape index (κ3) is 6.54. The van der Waals surface area contributed by atoms with Crippen LogP contribution in [-0.2, 0) is 4.74 Å². The van der Waals surface area contributed by atoms with Gasteiger partial charge in [0.25, 0.3) is 0 Å². The molecule has 0 amide bonds. The number of halogens is 1. The second-order valence-corrected chi connectivity index (χ2v) is 6.79. The van der Waals surface area contributed by atoms with E-state index in [2.05, 4.69) is 29.8 Å². The van der Waals surface area contributed by atoms with Gasteiger partial charge in [-0.25, -0.2) is 0 Å². The summed E-state index contributed by atoms with van der Waals surface area (Å²) in [6.07, 6.45) is 1.06. The molecule has 0 aromatic heterocycles. The summed E-state index contributed by atoms with van der Waals surface area (Å²) >= 11 is 9.71. The van der Waals surface area contributed by atoms with Crippen LogP contribution in [-0.4, -0.2) is 22.5 Å². The maximum atomic E-state index is 11.9. The normalized spacial score (nSPS) is 11.9. The van der Waals surface area contributed by atoms with Crippen LogP contribution in [0.25, 0.3) is 0 Å². The van der Waals surface area contributed by atoms with Gasteiger partial charge in [0, 0.05) is 10.0 Å². The number of thioether (sulfide) groups is 1. The van der Waals surface area contributed by atoms with E-state index < -0.39 is 0 Å². The highest BCUT2D eigenvalue weighted by molar-refractivity contribution is 9.10. The lowest BCUT2D eigenvalue weighted by Gasteiger charge is -2.10. The van der Waals surface area contributed by atoms with Crippen LogP contribution < -0.4 is 0 Å². The summed E-state index contributed by atoms with van der Waals surface area (Å²) in [5, 5.41) is 0. The Morgan fingerprint density at radius 3 is 2.63 bits per heavy atom. The zero-order valence-electron chi connectivity index (χ0n) is 11.0. The molecule has 0 aliphatic heterocycles. The Kier molecular flexibility index (Phi) is 7.64. The zero-order chi connectivity index (χ0) is 14.3. The summed E-state index contributed by atoms with van der Waals surface area (Å²) in [4.78, 5) is 11.9. The minimum atomic E-state index is 0.0620. The largest absolute Gasteiger partial charge is 0.478 e. The Morgan fingerprint density at radius 2 is 2.05 bits per heavy atom. The smallest absolute Gasteiger partial charge is 0.220 e. The number of carbonyl (C=O) groups excluding carboxylic acids is 1. The molecule has 19 heavy (non-hydrogen) atoms. The van der Waals surface area contributed by atoms with Crippen LogP contribution >= 0.6 is 39.9 Å². The van der Waals surface area contributed by atoms with E-state index in [9.17, 15) is 4.79 Å². The fourth-order valence-corrected chi connectivity index (χ4v) is 2.29. The number of ether oxygens (including phenoxy) is 1. The highest BCUT2D eigenvalue weighted by Gasteiger charge is 2.09. The van der Waals surface area contributed by atoms with Crippen LogP contribution in [0.5, 0.6) is 0 Å². The van der Waals surface area contributed by atoms with E-state index >= 15 is 0 Å². The van der Waals surface area contributed by atoms with Crippen LogP contribution in [0.2, 0.25) is 0 Å². The minimum Gasteiger partial charge on any atom is -0.478 e. The Morgan fingerprint density at radius 1 is 1.42 bits per heavy atom. The molecule has 0 N–H and O–H groups in total. The molecule has 1 aromatic carbocycles. The van der Waals surface area contributed by atoms with E-state index in [0.717, 1.165) is 10.9 Å². The molecule has 1 rings (SSSR count). The van der Waals surface area contributed by atoms with Crippen LogP contribution in [0, 0.1) is 5.92 Å². The van der Waals surface area contributed by atoms with Gasteiger partial charge in [-0.05, 0) is 30.3 Å². The van der Waals surface area contributed by atoms with Gasteiger partial charge in [0.2, 0.25) is 4.38 Å². The van der Waals surface area contributed by atoms with Crippen molar-refractivity contribution in [3.63, 3.8) is 0 Å². The quantitative estimate of drug-likeness (QED) is 0.541. The van der Waals surface area contributed by atoms with Crippen LogP contribution in [0.4, 0.5) is 0 Å². The van der Waals surface area contributed by atoms with E-state index in [1.807, 2.05) is 12.1 Å². The number of rotatable bonds is 6. The maximum absolute atomic E-state index is 11.9. The number of ketones is 1. The number of benzene rings is 1. The molecule has 0 saturated heterocycles. The lowest BCUT2D eigenvalue weighted by atomic mass is 10.1. The first-order valence-electron chi connectivity index (χ1n) is 6.11. The summed E-state index contributed by atoms with van der Waals surface area (Å²) in [6, 6.07) is 7.32. The lowest BCUT2D eigenvalue weighted by molar-refractivity contribution is 0.102. The topological polar surface area (TPSA) is 26.3 Å². The van der Waals surface area contributed by atoms with Crippen molar-refractivity contribution in [2.75, 3.05) is 12.4 Å². The molecule has 0 saturated carbocycles. The van der Waals surface area contributed by atoms with E-state index in [1.54, 1.807) is 12.1 Å². The van der Waals surface area contributed by atoms with Crippen molar-refractivity contribution in [2.45, 2.75) is 20.3 Å². The molecule has 1 atom stereocenters. The summed E-state index contributed by atoms with van der Waals surface area (Å²) < 4.78 is 6.85. The van der Waals surface area contributed by atoms with Crippen molar-refractivity contribution >= 4 is 50.1 Å². The van der Waals surface area contributed by atoms with Gasteiger partial charge >= 0.3 is 0 Å². The van der Waals surface area contributed by atoms with Gasteiger partial charge in [-0.1, -0.05) is 60.1 Å². The van der Waals surface area contributed by atoms with E-state index in [1.165, 1.54) is 11.8 Å². The minimum absolute atomic E-state index is 0.0620. The Bertz CT molecular complexity index is 432. The number of Topliss-reactive ketones (excluding diaryl/α,β-unsaturated/α-hetero) is 1. The summed E-state index contributed by atoms with van der Waals surface area (Å²) in [5.74, 6) is 0.869. The lowest BCUT2D eigenvalue weighted by Crippen LogP contribution is -2.10. The van der Waals surface area contributed by atoms with Crippen molar-refractivity contribution in [1.82, 2.24) is 0 Å². The van der Waals surface area contributed by atoms with Gasteiger partial charge in [0.15, 0.2) is 5.78 Å². The third-order valence-corrected chi connectivity index (χ3v) is 4.43. The van der Waals surface area contributed by atoms with Crippen molar-refractivity contribution in [1.29, 1.82) is 0 Å². The number of carbonyl (C=O) groups is 1. The molecule has 1 aromatic rings. The molecule has 0 heterocycles. The van der Waals surface area contributed by atoms with Gasteiger partial charge < -0.3 is 4.74 Å². The van der Waals surface area contributed by atoms with Gasteiger partial charge in [0.05, 0.1) is 12.4 Å². The predicted octanol–water partition coefficient (Wildman–Crippen LogP) is 4.71. The molecule has 0 spiro atoms. The first kappa shape index (κ1) is 16.7. The molecule has 0 fully saturated rings. The Hall–Kier alpha value is -0.390. The van der Waals surface area contributed by atoms with Crippen molar-refractivity contribution < 1.29 is 9.53 Å². The third-order valence-electron chi connectivity index (χ3n) is 2.67. The van der Waals surface area contributed by atoms with Gasteiger partial charge in [-0.2, -0.15) is 0 Å². The van der Waals surface area contributed by atoms with Crippen LogP contribution in [0.15, 0.2) is 28.7 Å². The average Bonchev–Trinajstić information content (AvgIpc) is 2.42. The molecular formula is C14H17BrO2S2. The highest BCUT2D eigenvalue weighted by Crippen LogP contribution is 2.15. The molecule has 0 bridgehead atoms. The molecule has 2 nitrogen and oxygen atoms in total. The van der Waals surface area contributed by atoms with E-state index in [4.69, 9.17) is 17.0 Å². The number of hydrogen-bond donors (Lipinski definition) is 0. The Labute approximate surface area is 132 Å². The zero-order valence-corrected chi connectivity index (χ0v) is 14.2. The summed E-state index contributed by atoms with van der Waals surface area (Å²) in [7, 11) is 0. The Balaban J connectivity index is 2.34. The van der Waals surface area contributed by atoms with Crippen molar-refractivity contribution in [2.24, 2.45) is 5.92 Å². The molecule has 5 heteroatoms. The monoisotopic (exact) mass is 360 g/mol. The van der Waals surface area contributed by atoms with Crippen LogP contribution in [0.3, 0.4) is 0 Å². The molecule has 0 radical (unpaired) electrons. The number of thiocarbonyl (C=S) groups is 1.